The summed E-state index contributed by atoms with van der Waals surface area (Å²) in [6, 6.07) is 16.6. The van der Waals surface area contributed by atoms with Crippen LogP contribution in [0.25, 0.3) is 0 Å². The lowest BCUT2D eigenvalue weighted by Gasteiger charge is -2.43. The number of nitrogens with zero attached hydrogens (tertiary/aromatic N) is 2. The average molecular weight is 424 g/mol. The number of benzene rings is 2. The number of hydrogen-bond donors (Lipinski definition) is 0. The van der Waals surface area contributed by atoms with Crippen molar-refractivity contribution in [2.45, 2.75) is 31.0 Å². The van der Waals surface area contributed by atoms with Crippen LogP contribution in [0.5, 0.6) is 5.75 Å². The number of amides is 1. The highest BCUT2D eigenvalue weighted by Crippen LogP contribution is 2.40. The number of fused-ring (bicyclic) bond motifs is 1. The molecule has 0 spiro atoms. The molecule has 7 nitrogen and oxygen atoms in total. The maximum Gasteiger partial charge on any atom is 0.337 e. The van der Waals surface area contributed by atoms with Crippen LogP contribution in [0.3, 0.4) is 0 Å². The van der Waals surface area contributed by atoms with E-state index in [9.17, 15) is 14.4 Å². The van der Waals surface area contributed by atoms with Crippen LogP contribution >= 0.6 is 11.8 Å². The summed E-state index contributed by atoms with van der Waals surface area (Å²) in [6.07, 6.45) is 0. The number of ether oxygens (including phenoxy) is 2. The van der Waals surface area contributed by atoms with Crippen molar-refractivity contribution < 1.29 is 23.9 Å². The van der Waals surface area contributed by atoms with E-state index in [-0.39, 0.29) is 19.1 Å². The monoisotopic (exact) mass is 424 g/mol. The summed E-state index contributed by atoms with van der Waals surface area (Å²) in [5, 5.41) is 0.259. The number of hydrogen-bond acceptors (Lipinski definition) is 7. The van der Waals surface area contributed by atoms with Crippen LogP contribution in [-0.4, -0.2) is 51.7 Å². The van der Waals surface area contributed by atoms with Gasteiger partial charge in [-0.25, -0.2) is 4.79 Å². The van der Waals surface area contributed by atoms with Gasteiger partial charge in [0.1, 0.15) is 29.4 Å². The first-order chi connectivity index (χ1) is 14.5. The van der Waals surface area contributed by atoms with Crippen LogP contribution in [0.2, 0.25) is 0 Å². The Bertz CT molecular complexity index is 980. The van der Waals surface area contributed by atoms with Gasteiger partial charge >= 0.3 is 5.97 Å². The van der Waals surface area contributed by atoms with Crippen LogP contribution in [-0.2, 0) is 25.7 Å². The summed E-state index contributed by atoms with van der Waals surface area (Å²) in [6.45, 7) is 1.56. The summed E-state index contributed by atoms with van der Waals surface area (Å²) in [7, 11) is 0. The van der Waals surface area contributed by atoms with Crippen LogP contribution in [0, 0.1) is 0 Å². The highest BCUT2D eigenvalue weighted by molar-refractivity contribution is 8.15. The standard InChI is InChI=1S/C22H20N2O5S/c1-14(25)19(22(27)29-12-15-8-4-2-5-9-15)24-20(26)18-21(24)30-17(23-18)13-28-16-10-6-3-7-11-16/h2-11,18-19,21H,12-13H2,1H3. The SMILES string of the molecule is CC(=O)C(C(=O)OCc1ccccc1)N1C(=O)C2N=C(COc3ccccc3)SC21. The van der Waals surface area contributed by atoms with E-state index in [1.54, 1.807) is 0 Å². The van der Waals surface area contributed by atoms with Gasteiger partial charge in [-0.15, -0.1) is 0 Å². The summed E-state index contributed by atoms with van der Waals surface area (Å²) in [4.78, 5) is 43.1. The summed E-state index contributed by atoms with van der Waals surface area (Å²) >= 11 is 1.34. The number of thioether (sulfide) groups is 1. The molecule has 4 rings (SSSR count). The molecular weight excluding hydrogens is 404 g/mol. The van der Waals surface area contributed by atoms with E-state index in [2.05, 4.69) is 4.99 Å². The molecule has 1 saturated heterocycles. The highest BCUT2D eigenvalue weighted by atomic mass is 32.2. The molecule has 0 N–H and O–H groups in total. The van der Waals surface area contributed by atoms with Gasteiger partial charge in [0.2, 0.25) is 0 Å². The van der Waals surface area contributed by atoms with Gasteiger partial charge in [0, 0.05) is 0 Å². The van der Waals surface area contributed by atoms with Crippen molar-refractivity contribution in [1.82, 2.24) is 4.90 Å². The number of likely N-dealkylation sites (tertiary alicyclic amines) is 1. The van der Waals surface area contributed by atoms with Gasteiger partial charge in [-0.1, -0.05) is 60.3 Å². The molecule has 154 valence electrons. The number of carbonyl (C=O) groups excluding carboxylic acids is 3. The Hall–Kier alpha value is -3.13. The number of esters is 1. The van der Waals surface area contributed by atoms with Crippen molar-refractivity contribution in [3.05, 3.63) is 66.2 Å². The van der Waals surface area contributed by atoms with Gasteiger partial charge in [0.15, 0.2) is 17.9 Å². The van der Waals surface area contributed by atoms with Gasteiger partial charge in [-0.3, -0.25) is 14.6 Å². The van der Waals surface area contributed by atoms with E-state index in [1.807, 2.05) is 60.7 Å². The second-order valence-corrected chi connectivity index (χ2v) is 8.12. The smallest absolute Gasteiger partial charge is 0.337 e. The van der Waals surface area contributed by atoms with Gasteiger partial charge < -0.3 is 14.4 Å². The summed E-state index contributed by atoms with van der Waals surface area (Å²) in [5.41, 5.74) is 0.805. The number of ketones is 1. The van der Waals surface area contributed by atoms with Crippen LogP contribution in [0.1, 0.15) is 12.5 Å². The fourth-order valence-corrected chi connectivity index (χ4v) is 4.55. The maximum absolute atomic E-state index is 12.6. The molecule has 3 atom stereocenters. The van der Waals surface area contributed by atoms with E-state index in [4.69, 9.17) is 9.47 Å². The second-order valence-electron chi connectivity index (χ2n) is 6.93. The number of para-hydroxylation sites is 1. The lowest BCUT2D eigenvalue weighted by atomic mass is 10.0. The van der Waals surface area contributed by atoms with Gasteiger partial charge in [0.25, 0.3) is 5.91 Å². The zero-order valence-corrected chi connectivity index (χ0v) is 17.1. The third-order valence-corrected chi connectivity index (χ3v) is 6.03. The average Bonchev–Trinajstić information content (AvgIpc) is 3.15. The zero-order valence-electron chi connectivity index (χ0n) is 16.3. The molecule has 30 heavy (non-hydrogen) atoms. The fourth-order valence-electron chi connectivity index (χ4n) is 3.33. The van der Waals surface area contributed by atoms with Gasteiger partial charge in [-0.05, 0) is 24.6 Å². The van der Waals surface area contributed by atoms with E-state index < -0.39 is 29.2 Å². The Morgan fingerprint density at radius 1 is 1.07 bits per heavy atom. The van der Waals surface area contributed by atoms with Crippen LogP contribution in [0.15, 0.2) is 65.7 Å². The van der Waals surface area contributed by atoms with Crippen molar-refractivity contribution in [3.63, 3.8) is 0 Å². The molecule has 2 aromatic rings. The minimum absolute atomic E-state index is 0.0411. The largest absolute Gasteiger partial charge is 0.487 e. The molecule has 0 radical (unpaired) electrons. The molecule has 2 aromatic carbocycles. The molecule has 2 aliphatic heterocycles. The molecule has 8 heteroatoms. The minimum Gasteiger partial charge on any atom is -0.487 e. The lowest BCUT2D eigenvalue weighted by molar-refractivity contribution is -0.166. The first-order valence-corrected chi connectivity index (χ1v) is 10.4. The third kappa shape index (κ3) is 4.09. The van der Waals surface area contributed by atoms with Crippen LogP contribution < -0.4 is 4.74 Å². The molecular formula is C22H20N2O5S. The molecule has 0 aliphatic carbocycles. The van der Waals surface area contributed by atoms with Crippen molar-refractivity contribution in [2.24, 2.45) is 4.99 Å². The zero-order chi connectivity index (χ0) is 21.1. The topological polar surface area (TPSA) is 85.3 Å². The Morgan fingerprint density at radius 2 is 1.73 bits per heavy atom. The number of aliphatic imine (C=N–C) groups is 1. The number of rotatable bonds is 8. The van der Waals surface area contributed by atoms with Gasteiger partial charge in [0.05, 0.1) is 0 Å². The third-order valence-electron chi connectivity index (χ3n) is 4.81. The molecule has 3 unspecified atom stereocenters. The quantitative estimate of drug-likeness (QED) is 0.368. The molecule has 0 bridgehead atoms. The Labute approximate surface area is 178 Å². The Kier molecular flexibility index (Phi) is 5.85. The van der Waals surface area contributed by atoms with E-state index in [0.717, 1.165) is 5.56 Å². The predicted octanol–water partition coefficient (Wildman–Crippen LogP) is 2.45. The van der Waals surface area contributed by atoms with E-state index in [0.29, 0.717) is 10.8 Å². The molecule has 0 aromatic heterocycles. The van der Waals surface area contributed by atoms with E-state index >= 15 is 0 Å². The van der Waals surface area contributed by atoms with Crippen molar-refractivity contribution in [3.8, 4) is 5.75 Å². The minimum atomic E-state index is -1.26. The molecule has 0 saturated carbocycles. The van der Waals surface area contributed by atoms with Gasteiger partial charge in [-0.2, -0.15) is 0 Å². The highest BCUT2D eigenvalue weighted by Gasteiger charge is 2.57. The fraction of sp³-hybridized carbons (Fsp3) is 0.273. The number of carbonyl (C=O) groups is 3. The number of β-lactam (4-membered cyclic amide) rings is 1. The van der Waals surface area contributed by atoms with Crippen LogP contribution in [0.4, 0.5) is 0 Å². The summed E-state index contributed by atoms with van der Waals surface area (Å²) in [5.74, 6) is -0.810. The first-order valence-electron chi connectivity index (χ1n) is 9.49. The molecule has 2 heterocycles. The van der Waals surface area contributed by atoms with Crippen molar-refractivity contribution in [1.29, 1.82) is 0 Å². The first kappa shape index (κ1) is 20.2. The summed E-state index contributed by atoms with van der Waals surface area (Å²) < 4.78 is 11.0. The van der Waals surface area contributed by atoms with E-state index in [1.165, 1.54) is 23.6 Å². The molecule has 1 fully saturated rings. The Morgan fingerprint density at radius 3 is 2.40 bits per heavy atom. The lowest BCUT2D eigenvalue weighted by Crippen LogP contribution is -2.67. The maximum atomic E-state index is 12.6. The number of Topliss-reactive ketones (excluding diaryl/α,β-unsaturated/α-hetero) is 1. The predicted molar refractivity (Wildman–Crippen MR) is 112 cm³/mol. The van der Waals surface area contributed by atoms with Crippen molar-refractivity contribution in [2.75, 3.05) is 6.61 Å². The molecule has 2 aliphatic rings. The normalized spacial score (nSPS) is 20.6. The van der Waals surface area contributed by atoms with Crippen molar-refractivity contribution >= 4 is 34.5 Å². The molecule has 1 amide bonds. The Balaban J connectivity index is 1.38. The second kappa shape index (κ2) is 8.71.